The Morgan fingerprint density at radius 2 is 2.05 bits per heavy atom. The van der Waals surface area contributed by atoms with Crippen LogP contribution in [0.15, 0.2) is 33.6 Å². The number of rotatable bonds is 4. The standard InChI is InChI=1S/C13H16BrNO4S/c1-2-19-13(16)12-4-3-9-15(12)20(17,18)11-7-5-10(14)6-8-11/h5-8,12H,2-4,9H2,1H3. The van der Waals surface area contributed by atoms with Crippen molar-refractivity contribution in [3.8, 4) is 0 Å². The van der Waals surface area contributed by atoms with E-state index in [2.05, 4.69) is 15.9 Å². The fourth-order valence-electron chi connectivity index (χ4n) is 2.24. The van der Waals surface area contributed by atoms with Gasteiger partial charge in [0, 0.05) is 11.0 Å². The van der Waals surface area contributed by atoms with Crippen LogP contribution in [0.3, 0.4) is 0 Å². The van der Waals surface area contributed by atoms with Gasteiger partial charge in [-0.25, -0.2) is 8.42 Å². The number of carbonyl (C=O) groups excluding carboxylic acids is 1. The van der Waals surface area contributed by atoms with Gasteiger partial charge < -0.3 is 4.74 Å². The number of halogens is 1. The van der Waals surface area contributed by atoms with Crippen molar-refractivity contribution in [3.63, 3.8) is 0 Å². The Hall–Kier alpha value is -0.920. The van der Waals surface area contributed by atoms with E-state index in [1.54, 1.807) is 19.1 Å². The van der Waals surface area contributed by atoms with Crippen LogP contribution in [0.2, 0.25) is 0 Å². The van der Waals surface area contributed by atoms with Gasteiger partial charge in [-0.2, -0.15) is 4.31 Å². The molecule has 20 heavy (non-hydrogen) atoms. The number of sulfonamides is 1. The lowest BCUT2D eigenvalue weighted by Crippen LogP contribution is -2.41. The van der Waals surface area contributed by atoms with Crippen LogP contribution in [0.25, 0.3) is 0 Å². The largest absolute Gasteiger partial charge is 0.465 e. The van der Waals surface area contributed by atoms with Crippen molar-refractivity contribution in [2.75, 3.05) is 13.2 Å². The van der Waals surface area contributed by atoms with Gasteiger partial charge in [-0.3, -0.25) is 4.79 Å². The van der Waals surface area contributed by atoms with E-state index in [9.17, 15) is 13.2 Å². The summed E-state index contributed by atoms with van der Waals surface area (Å²) in [5.41, 5.74) is 0. The molecule has 1 aromatic rings. The average molecular weight is 362 g/mol. The number of hydrogen-bond donors (Lipinski definition) is 0. The first kappa shape index (κ1) is 15.5. The lowest BCUT2D eigenvalue weighted by Gasteiger charge is -2.22. The molecule has 1 aliphatic heterocycles. The molecule has 1 aliphatic rings. The van der Waals surface area contributed by atoms with E-state index in [0.29, 0.717) is 19.4 Å². The topological polar surface area (TPSA) is 63.7 Å². The third-order valence-corrected chi connectivity index (χ3v) is 5.63. The van der Waals surface area contributed by atoms with Crippen molar-refractivity contribution >= 4 is 31.9 Å². The zero-order valence-electron chi connectivity index (χ0n) is 11.1. The van der Waals surface area contributed by atoms with Crippen LogP contribution < -0.4 is 0 Å². The summed E-state index contributed by atoms with van der Waals surface area (Å²) in [6, 6.07) is 5.69. The molecule has 1 aromatic carbocycles. The Labute approximate surface area is 127 Å². The van der Waals surface area contributed by atoms with Gasteiger partial charge in [0.15, 0.2) is 0 Å². The molecule has 0 bridgehead atoms. The number of nitrogens with zero attached hydrogens (tertiary/aromatic N) is 1. The highest BCUT2D eigenvalue weighted by Gasteiger charge is 2.40. The molecule has 110 valence electrons. The minimum Gasteiger partial charge on any atom is -0.465 e. The highest BCUT2D eigenvalue weighted by molar-refractivity contribution is 9.10. The highest BCUT2D eigenvalue weighted by atomic mass is 79.9. The molecular formula is C13H16BrNO4S. The Morgan fingerprint density at radius 3 is 2.65 bits per heavy atom. The second-order valence-corrected chi connectivity index (χ2v) is 7.29. The number of esters is 1. The number of hydrogen-bond acceptors (Lipinski definition) is 4. The molecule has 0 aromatic heterocycles. The van der Waals surface area contributed by atoms with Crippen LogP contribution in [-0.4, -0.2) is 37.9 Å². The monoisotopic (exact) mass is 361 g/mol. The second-order valence-electron chi connectivity index (χ2n) is 4.48. The molecule has 0 radical (unpaired) electrons. The first-order valence-electron chi connectivity index (χ1n) is 6.41. The maximum atomic E-state index is 12.6. The van der Waals surface area contributed by atoms with Gasteiger partial charge in [0.2, 0.25) is 10.0 Å². The lowest BCUT2D eigenvalue weighted by molar-refractivity contribution is -0.146. The van der Waals surface area contributed by atoms with E-state index in [1.807, 2.05) is 0 Å². The molecule has 0 N–H and O–H groups in total. The normalized spacial score (nSPS) is 20.0. The van der Waals surface area contributed by atoms with Crippen LogP contribution in [0.1, 0.15) is 19.8 Å². The molecule has 1 saturated heterocycles. The number of benzene rings is 1. The van der Waals surface area contributed by atoms with Crippen molar-refractivity contribution in [2.24, 2.45) is 0 Å². The predicted molar refractivity (Wildman–Crippen MR) is 77.7 cm³/mol. The van der Waals surface area contributed by atoms with Crippen molar-refractivity contribution in [1.82, 2.24) is 4.31 Å². The summed E-state index contributed by atoms with van der Waals surface area (Å²) in [5.74, 6) is -0.467. The highest BCUT2D eigenvalue weighted by Crippen LogP contribution is 2.27. The molecule has 1 fully saturated rings. The summed E-state index contributed by atoms with van der Waals surface area (Å²) < 4.78 is 32.1. The van der Waals surface area contributed by atoms with Gasteiger partial charge >= 0.3 is 5.97 Å². The summed E-state index contributed by atoms with van der Waals surface area (Å²) in [7, 11) is -3.66. The van der Waals surface area contributed by atoms with Crippen LogP contribution >= 0.6 is 15.9 Å². The SMILES string of the molecule is CCOC(=O)C1CCCN1S(=O)(=O)c1ccc(Br)cc1. The molecular weight excluding hydrogens is 346 g/mol. The molecule has 1 heterocycles. The van der Waals surface area contributed by atoms with E-state index in [-0.39, 0.29) is 11.5 Å². The second kappa shape index (κ2) is 6.24. The minimum absolute atomic E-state index is 0.192. The van der Waals surface area contributed by atoms with E-state index in [4.69, 9.17) is 4.74 Å². The predicted octanol–water partition coefficient (Wildman–Crippen LogP) is 2.17. The summed E-state index contributed by atoms with van der Waals surface area (Å²) in [6.07, 6.45) is 1.17. The summed E-state index contributed by atoms with van der Waals surface area (Å²) in [5, 5.41) is 0. The third-order valence-electron chi connectivity index (χ3n) is 3.18. The summed E-state index contributed by atoms with van der Waals surface area (Å²) in [6.45, 7) is 2.31. The molecule has 0 amide bonds. The van der Waals surface area contributed by atoms with E-state index < -0.39 is 22.0 Å². The molecule has 2 rings (SSSR count). The van der Waals surface area contributed by atoms with Crippen LogP contribution in [0, 0.1) is 0 Å². The van der Waals surface area contributed by atoms with E-state index in [0.717, 1.165) is 4.47 Å². The Morgan fingerprint density at radius 1 is 1.40 bits per heavy atom. The van der Waals surface area contributed by atoms with Gasteiger partial charge in [-0.15, -0.1) is 0 Å². The van der Waals surface area contributed by atoms with Crippen LogP contribution in [0.4, 0.5) is 0 Å². The van der Waals surface area contributed by atoms with E-state index in [1.165, 1.54) is 16.4 Å². The quantitative estimate of drug-likeness (QED) is 0.770. The van der Waals surface area contributed by atoms with Crippen molar-refractivity contribution in [2.45, 2.75) is 30.7 Å². The molecule has 7 heteroatoms. The zero-order valence-corrected chi connectivity index (χ0v) is 13.5. The molecule has 0 aliphatic carbocycles. The molecule has 0 saturated carbocycles. The minimum atomic E-state index is -3.66. The maximum absolute atomic E-state index is 12.6. The Kier molecular flexibility index (Phi) is 4.82. The molecule has 5 nitrogen and oxygen atoms in total. The fraction of sp³-hybridized carbons (Fsp3) is 0.462. The molecule has 1 unspecified atom stereocenters. The summed E-state index contributed by atoms with van der Waals surface area (Å²) in [4.78, 5) is 12.0. The van der Waals surface area contributed by atoms with Gasteiger partial charge in [0.25, 0.3) is 0 Å². The van der Waals surface area contributed by atoms with Crippen LogP contribution in [0.5, 0.6) is 0 Å². The number of ether oxygens (including phenoxy) is 1. The van der Waals surface area contributed by atoms with Gasteiger partial charge in [-0.1, -0.05) is 15.9 Å². The average Bonchev–Trinajstić information content (AvgIpc) is 2.89. The van der Waals surface area contributed by atoms with Crippen LogP contribution in [-0.2, 0) is 19.6 Å². The summed E-state index contributed by atoms with van der Waals surface area (Å²) >= 11 is 3.27. The smallest absolute Gasteiger partial charge is 0.324 e. The van der Waals surface area contributed by atoms with Crippen molar-refractivity contribution in [1.29, 1.82) is 0 Å². The molecule has 1 atom stereocenters. The molecule has 0 spiro atoms. The van der Waals surface area contributed by atoms with E-state index >= 15 is 0 Å². The number of carbonyl (C=O) groups is 1. The third kappa shape index (κ3) is 3.05. The maximum Gasteiger partial charge on any atom is 0.324 e. The first-order chi connectivity index (χ1) is 9.46. The van der Waals surface area contributed by atoms with Crippen molar-refractivity contribution in [3.05, 3.63) is 28.7 Å². The first-order valence-corrected chi connectivity index (χ1v) is 8.64. The van der Waals surface area contributed by atoms with Gasteiger partial charge in [0.1, 0.15) is 6.04 Å². The van der Waals surface area contributed by atoms with Gasteiger partial charge in [0.05, 0.1) is 11.5 Å². The Balaban J connectivity index is 2.28. The van der Waals surface area contributed by atoms with Crippen molar-refractivity contribution < 1.29 is 17.9 Å². The Bertz CT molecular complexity index is 585. The zero-order chi connectivity index (χ0) is 14.8. The van der Waals surface area contributed by atoms with Gasteiger partial charge in [-0.05, 0) is 44.0 Å². The lowest BCUT2D eigenvalue weighted by atomic mass is 10.2. The fourth-order valence-corrected chi connectivity index (χ4v) is 4.15.